The van der Waals surface area contributed by atoms with E-state index in [9.17, 15) is 9.59 Å². The van der Waals surface area contributed by atoms with Crippen molar-refractivity contribution in [2.45, 2.75) is 0 Å². The lowest BCUT2D eigenvalue weighted by Crippen LogP contribution is -2.21. The summed E-state index contributed by atoms with van der Waals surface area (Å²) in [6.45, 7) is 0. The number of nitrogens with zero attached hydrogens (tertiary/aromatic N) is 2. The summed E-state index contributed by atoms with van der Waals surface area (Å²) in [5, 5.41) is 0.535. The number of aromatic nitrogens is 2. The summed E-state index contributed by atoms with van der Waals surface area (Å²) in [7, 11) is 0. The molecule has 0 saturated carbocycles. The molecule has 1 aliphatic rings. The molecule has 0 saturated heterocycles. The Bertz CT molecular complexity index is 1010. The summed E-state index contributed by atoms with van der Waals surface area (Å²) < 4.78 is 3.43. The van der Waals surface area contributed by atoms with Crippen LogP contribution in [-0.4, -0.2) is 15.3 Å². The predicted molar refractivity (Wildman–Crippen MR) is 96.2 cm³/mol. The Hall–Kier alpha value is -1.29. The van der Waals surface area contributed by atoms with Crippen molar-refractivity contribution in [1.82, 2.24) is 9.55 Å². The third-order valence-electron chi connectivity index (χ3n) is 3.50. The molecular formula is C15H6I2N2O2. The van der Waals surface area contributed by atoms with Gasteiger partial charge in [0.1, 0.15) is 0 Å². The molecule has 4 nitrogen and oxygen atoms in total. The van der Waals surface area contributed by atoms with Crippen molar-refractivity contribution >= 4 is 61.9 Å². The van der Waals surface area contributed by atoms with Crippen LogP contribution in [0.2, 0.25) is 0 Å². The molecule has 0 atom stereocenters. The van der Waals surface area contributed by atoms with Crippen molar-refractivity contribution in [1.29, 1.82) is 0 Å². The number of carbonyl (C=O) groups is 1. The monoisotopic (exact) mass is 500 g/mol. The fourth-order valence-corrected chi connectivity index (χ4v) is 3.46. The molecule has 102 valence electrons. The number of hydrogen-bond acceptors (Lipinski definition) is 3. The van der Waals surface area contributed by atoms with Gasteiger partial charge in [-0.2, -0.15) is 0 Å². The molecule has 0 radical (unpaired) electrons. The Balaban J connectivity index is 2.20. The minimum absolute atomic E-state index is 0.192. The number of carbonyl (C=O) groups excluding carboxylic acids is 1. The summed E-state index contributed by atoms with van der Waals surface area (Å²) in [5.74, 6) is 0.00358. The van der Waals surface area contributed by atoms with E-state index < -0.39 is 0 Å². The maximum absolute atomic E-state index is 12.8. The lowest BCUT2D eigenvalue weighted by Gasteiger charge is -2.06. The first-order valence-corrected chi connectivity index (χ1v) is 8.29. The van der Waals surface area contributed by atoms with E-state index in [0.717, 1.165) is 7.14 Å². The molecule has 3 aromatic rings. The van der Waals surface area contributed by atoms with Crippen LogP contribution in [0.5, 0.6) is 0 Å². The Labute approximate surface area is 146 Å². The van der Waals surface area contributed by atoms with Crippen LogP contribution < -0.4 is 5.56 Å². The van der Waals surface area contributed by atoms with Crippen molar-refractivity contribution in [3.8, 4) is 5.69 Å². The molecule has 2 heterocycles. The number of rotatable bonds is 0. The Morgan fingerprint density at radius 2 is 1.71 bits per heavy atom. The van der Waals surface area contributed by atoms with Crippen molar-refractivity contribution < 1.29 is 4.79 Å². The van der Waals surface area contributed by atoms with Crippen molar-refractivity contribution in [3.63, 3.8) is 0 Å². The minimum Gasteiger partial charge on any atom is -0.285 e. The summed E-state index contributed by atoms with van der Waals surface area (Å²) in [4.78, 5) is 29.6. The van der Waals surface area contributed by atoms with E-state index in [0.29, 0.717) is 22.2 Å². The van der Waals surface area contributed by atoms with Crippen LogP contribution in [0.15, 0.2) is 41.2 Å². The van der Waals surface area contributed by atoms with E-state index in [2.05, 4.69) is 50.2 Å². The third-order valence-corrected chi connectivity index (χ3v) is 6.32. The average Bonchev–Trinajstić information content (AvgIpc) is 2.76. The maximum atomic E-state index is 12.8. The number of halogens is 2. The molecule has 0 spiro atoms. The van der Waals surface area contributed by atoms with Crippen LogP contribution >= 0.6 is 45.2 Å². The zero-order valence-corrected chi connectivity index (χ0v) is 14.7. The van der Waals surface area contributed by atoms with Crippen LogP contribution in [0, 0.1) is 7.14 Å². The quantitative estimate of drug-likeness (QED) is 0.349. The minimum atomic E-state index is -0.196. The molecule has 0 fully saturated rings. The topological polar surface area (TPSA) is 52.0 Å². The molecule has 0 N–H and O–H groups in total. The van der Waals surface area contributed by atoms with Gasteiger partial charge in [-0.05, 0) is 69.4 Å². The number of hydrogen-bond donors (Lipinski definition) is 0. The third kappa shape index (κ3) is 1.81. The van der Waals surface area contributed by atoms with E-state index >= 15 is 0 Å². The lowest BCUT2D eigenvalue weighted by molar-refractivity contribution is 0.103. The SMILES string of the molecule is O=C1c2ccccc2-n2c1nc1cc(I)c(I)cc1c2=O. The Morgan fingerprint density at radius 3 is 2.52 bits per heavy atom. The summed E-state index contributed by atoms with van der Waals surface area (Å²) in [6, 6.07) is 10.8. The fraction of sp³-hybridized carbons (Fsp3) is 0. The van der Waals surface area contributed by atoms with Gasteiger partial charge >= 0.3 is 0 Å². The van der Waals surface area contributed by atoms with Gasteiger partial charge in [0.2, 0.25) is 5.78 Å². The highest BCUT2D eigenvalue weighted by Gasteiger charge is 2.29. The highest BCUT2D eigenvalue weighted by atomic mass is 127. The maximum Gasteiger partial charge on any atom is 0.266 e. The first kappa shape index (κ1) is 13.4. The normalized spacial score (nSPS) is 12.6. The second kappa shape index (κ2) is 4.60. The van der Waals surface area contributed by atoms with Gasteiger partial charge in [0.15, 0.2) is 5.82 Å². The predicted octanol–water partition coefficient (Wildman–Crippen LogP) is 3.14. The average molecular weight is 500 g/mol. The number of fused-ring (bicyclic) bond motifs is 4. The highest BCUT2D eigenvalue weighted by Crippen LogP contribution is 2.27. The van der Waals surface area contributed by atoms with Gasteiger partial charge in [0, 0.05) is 7.14 Å². The van der Waals surface area contributed by atoms with Gasteiger partial charge in [-0.1, -0.05) is 12.1 Å². The molecule has 1 aliphatic heterocycles. The van der Waals surface area contributed by atoms with Gasteiger partial charge in [-0.25, -0.2) is 4.98 Å². The van der Waals surface area contributed by atoms with Crippen molar-refractivity contribution in [2.75, 3.05) is 0 Å². The molecule has 1 aromatic heterocycles. The first-order chi connectivity index (χ1) is 10.1. The molecule has 0 aliphatic carbocycles. The van der Waals surface area contributed by atoms with Gasteiger partial charge in [-0.15, -0.1) is 0 Å². The fourth-order valence-electron chi connectivity index (χ4n) is 2.54. The van der Waals surface area contributed by atoms with E-state index in [4.69, 9.17) is 0 Å². The van der Waals surface area contributed by atoms with Crippen LogP contribution in [0.25, 0.3) is 16.6 Å². The number of para-hydroxylation sites is 1. The second-order valence-corrected chi connectivity index (χ2v) is 7.03. The molecule has 4 rings (SSSR count). The van der Waals surface area contributed by atoms with Crippen LogP contribution in [-0.2, 0) is 0 Å². The molecule has 6 heteroatoms. The van der Waals surface area contributed by atoms with E-state index in [1.54, 1.807) is 18.2 Å². The summed E-state index contributed by atoms with van der Waals surface area (Å²) in [5.41, 5.74) is 1.52. The second-order valence-electron chi connectivity index (χ2n) is 4.71. The van der Waals surface area contributed by atoms with Crippen LogP contribution in [0.1, 0.15) is 16.2 Å². The molecular weight excluding hydrogens is 494 g/mol. The van der Waals surface area contributed by atoms with E-state index in [-0.39, 0.29) is 17.2 Å². The van der Waals surface area contributed by atoms with Gasteiger partial charge in [0.25, 0.3) is 5.56 Å². The summed E-state index contributed by atoms with van der Waals surface area (Å²) >= 11 is 4.39. The van der Waals surface area contributed by atoms with Gasteiger partial charge < -0.3 is 0 Å². The van der Waals surface area contributed by atoms with Crippen molar-refractivity contribution in [2.24, 2.45) is 0 Å². The zero-order valence-electron chi connectivity index (χ0n) is 10.4. The molecule has 2 aromatic carbocycles. The largest absolute Gasteiger partial charge is 0.285 e. The molecule has 0 bridgehead atoms. The highest BCUT2D eigenvalue weighted by molar-refractivity contribution is 14.1. The van der Waals surface area contributed by atoms with E-state index in [1.807, 2.05) is 18.2 Å². The smallest absolute Gasteiger partial charge is 0.266 e. The molecule has 21 heavy (non-hydrogen) atoms. The van der Waals surface area contributed by atoms with Crippen LogP contribution in [0.4, 0.5) is 0 Å². The van der Waals surface area contributed by atoms with Gasteiger partial charge in [-0.3, -0.25) is 14.2 Å². The molecule has 0 amide bonds. The van der Waals surface area contributed by atoms with Crippen molar-refractivity contribution in [3.05, 3.63) is 65.3 Å². The number of benzene rings is 2. The zero-order chi connectivity index (χ0) is 14.7. The van der Waals surface area contributed by atoms with Crippen LogP contribution in [0.3, 0.4) is 0 Å². The first-order valence-electron chi connectivity index (χ1n) is 6.14. The number of ketones is 1. The Morgan fingerprint density at radius 1 is 1.00 bits per heavy atom. The summed E-state index contributed by atoms with van der Waals surface area (Å²) in [6.07, 6.45) is 0. The van der Waals surface area contributed by atoms with Gasteiger partial charge in [0.05, 0.1) is 22.2 Å². The lowest BCUT2D eigenvalue weighted by atomic mass is 10.1. The Kier molecular flexibility index (Phi) is 2.93. The van der Waals surface area contributed by atoms with E-state index in [1.165, 1.54) is 4.57 Å². The standard InChI is InChI=1S/C15H6I2N2O2/c16-9-5-8-11(6-10(9)17)18-14-13(20)7-3-1-2-4-12(7)19(14)15(8)21/h1-6H. The molecule has 0 unspecified atom stereocenters.